The molecule has 2 aromatic carbocycles. The molecule has 1 fully saturated rings. The largest absolute Gasteiger partial charge is 0.350 e. The van der Waals surface area contributed by atoms with Gasteiger partial charge in [-0.05, 0) is 30.8 Å². The lowest BCUT2D eigenvalue weighted by Gasteiger charge is -2.35. The van der Waals surface area contributed by atoms with Crippen LogP contribution < -0.4 is 5.32 Å². The summed E-state index contributed by atoms with van der Waals surface area (Å²) in [5.74, 6) is -0.0738. The molecule has 28 heavy (non-hydrogen) atoms. The normalized spacial score (nSPS) is 16.9. The lowest BCUT2D eigenvalue weighted by Crippen LogP contribution is -2.47. The molecule has 4 rings (SSSR count). The first kappa shape index (κ1) is 19.2. The van der Waals surface area contributed by atoms with Gasteiger partial charge in [0.25, 0.3) is 5.91 Å². The number of benzene rings is 2. The fraction of sp³-hybridized carbons (Fsp3) is 0.318. The topological polar surface area (TPSA) is 51.4 Å². The molecule has 3 aromatic rings. The third kappa shape index (κ3) is 4.46. The summed E-state index contributed by atoms with van der Waals surface area (Å²) in [7, 11) is 2.15. The van der Waals surface area contributed by atoms with E-state index in [0.29, 0.717) is 5.69 Å². The Morgan fingerprint density at radius 2 is 1.86 bits per heavy atom. The molecule has 6 heteroatoms. The van der Waals surface area contributed by atoms with Crippen LogP contribution in [0.3, 0.4) is 0 Å². The van der Waals surface area contributed by atoms with E-state index in [1.165, 1.54) is 0 Å². The van der Waals surface area contributed by atoms with Crippen LogP contribution in [0.15, 0.2) is 59.1 Å². The molecule has 0 radical (unpaired) electrons. The molecule has 5 nitrogen and oxygen atoms in total. The molecule has 2 heterocycles. The minimum Gasteiger partial charge on any atom is -0.350 e. The van der Waals surface area contributed by atoms with Gasteiger partial charge in [-0.1, -0.05) is 52.3 Å². The molecule has 1 aromatic heterocycles. The number of aromatic nitrogens is 1. The second-order valence-electron chi connectivity index (χ2n) is 7.46. The Bertz CT molecular complexity index is 948. The predicted octanol–water partition coefficient (Wildman–Crippen LogP) is 3.65. The highest BCUT2D eigenvalue weighted by molar-refractivity contribution is 9.10. The van der Waals surface area contributed by atoms with E-state index in [2.05, 4.69) is 55.2 Å². The number of hydrogen-bond acceptors (Lipinski definition) is 3. The lowest BCUT2D eigenvalue weighted by molar-refractivity contribution is 0.0903. The van der Waals surface area contributed by atoms with Crippen molar-refractivity contribution >= 4 is 32.7 Å². The van der Waals surface area contributed by atoms with Crippen LogP contribution in [0, 0.1) is 0 Å². The van der Waals surface area contributed by atoms with Gasteiger partial charge in [-0.3, -0.25) is 9.69 Å². The molecule has 1 unspecified atom stereocenters. The summed E-state index contributed by atoms with van der Waals surface area (Å²) in [5, 5.41) is 4.28. The van der Waals surface area contributed by atoms with Crippen molar-refractivity contribution in [1.29, 1.82) is 0 Å². The van der Waals surface area contributed by atoms with Gasteiger partial charge < -0.3 is 15.2 Å². The van der Waals surface area contributed by atoms with Gasteiger partial charge in [0.1, 0.15) is 5.69 Å². The fourth-order valence-electron chi connectivity index (χ4n) is 3.67. The van der Waals surface area contributed by atoms with E-state index >= 15 is 0 Å². The van der Waals surface area contributed by atoms with Crippen molar-refractivity contribution in [2.45, 2.75) is 6.04 Å². The van der Waals surface area contributed by atoms with E-state index < -0.39 is 0 Å². The van der Waals surface area contributed by atoms with Gasteiger partial charge in [0, 0.05) is 48.1 Å². The first-order chi connectivity index (χ1) is 13.6. The minimum absolute atomic E-state index is 0.0461. The van der Waals surface area contributed by atoms with Gasteiger partial charge in [0.2, 0.25) is 0 Å². The van der Waals surface area contributed by atoms with E-state index in [-0.39, 0.29) is 11.9 Å². The zero-order valence-electron chi connectivity index (χ0n) is 16.0. The van der Waals surface area contributed by atoms with Gasteiger partial charge in [-0.15, -0.1) is 0 Å². The van der Waals surface area contributed by atoms with Crippen LogP contribution >= 0.6 is 15.9 Å². The van der Waals surface area contributed by atoms with Gasteiger partial charge >= 0.3 is 0 Å². The number of halogens is 1. The number of H-pyrrole nitrogens is 1. The van der Waals surface area contributed by atoms with Crippen LogP contribution in [0.2, 0.25) is 0 Å². The maximum Gasteiger partial charge on any atom is 0.268 e. The van der Waals surface area contributed by atoms with Crippen LogP contribution in [0.1, 0.15) is 22.1 Å². The highest BCUT2D eigenvalue weighted by atomic mass is 79.9. The molecular formula is C22H25BrN4O. The highest BCUT2D eigenvalue weighted by Crippen LogP contribution is 2.21. The summed E-state index contributed by atoms with van der Waals surface area (Å²) in [4.78, 5) is 21.0. The van der Waals surface area contributed by atoms with Crippen molar-refractivity contribution in [2.75, 3.05) is 39.8 Å². The van der Waals surface area contributed by atoms with E-state index in [1.54, 1.807) is 0 Å². The summed E-state index contributed by atoms with van der Waals surface area (Å²) < 4.78 is 0.992. The number of nitrogens with one attached hydrogen (secondary N) is 2. The van der Waals surface area contributed by atoms with Crippen LogP contribution in [0.5, 0.6) is 0 Å². The quantitative estimate of drug-likeness (QED) is 0.636. The van der Waals surface area contributed by atoms with Crippen molar-refractivity contribution in [3.05, 3.63) is 70.3 Å². The molecule has 0 saturated carbocycles. The summed E-state index contributed by atoms with van der Waals surface area (Å²) in [6.07, 6.45) is 0. The first-order valence-corrected chi connectivity index (χ1v) is 10.4. The lowest BCUT2D eigenvalue weighted by atomic mass is 10.1. The number of carbonyl (C=O) groups excluding carboxylic acids is 1. The summed E-state index contributed by atoms with van der Waals surface area (Å²) in [6, 6.07) is 18.1. The van der Waals surface area contributed by atoms with E-state index in [0.717, 1.165) is 53.7 Å². The Morgan fingerprint density at radius 1 is 1.11 bits per heavy atom. The van der Waals surface area contributed by atoms with Gasteiger partial charge in [0.15, 0.2) is 0 Å². The zero-order valence-corrected chi connectivity index (χ0v) is 17.6. The molecule has 1 atom stereocenters. The van der Waals surface area contributed by atoms with Crippen molar-refractivity contribution in [3.63, 3.8) is 0 Å². The Balaban J connectivity index is 1.53. The van der Waals surface area contributed by atoms with Crippen LogP contribution in [0.4, 0.5) is 0 Å². The van der Waals surface area contributed by atoms with Crippen LogP contribution in [0.25, 0.3) is 10.9 Å². The van der Waals surface area contributed by atoms with E-state index in [4.69, 9.17) is 0 Å². The average molecular weight is 441 g/mol. The molecule has 1 amide bonds. The Hall–Kier alpha value is -2.15. The Labute approximate surface area is 173 Å². The maximum absolute atomic E-state index is 13.0. The third-order valence-corrected chi connectivity index (χ3v) is 5.87. The van der Waals surface area contributed by atoms with Gasteiger partial charge in [0.05, 0.1) is 6.04 Å². The smallest absolute Gasteiger partial charge is 0.268 e. The van der Waals surface area contributed by atoms with Crippen LogP contribution in [-0.2, 0) is 0 Å². The number of rotatable bonds is 5. The summed E-state index contributed by atoms with van der Waals surface area (Å²) in [6.45, 7) is 4.99. The molecule has 0 spiro atoms. The van der Waals surface area contributed by atoms with Gasteiger partial charge in [-0.2, -0.15) is 0 Å². The third-order valence-electron chi connectivity index (χ3n) is 5.37. The molecule has 2 N–H and O–H groups in total. The molecule has 1 aliphatic rings. The number of carbonyl (C=O) groups is 1. The van der Waals surface area contributed by atoms with Crippen molar-refractivity contribution < 1.29 is 4.79 Å². The molecular weight excluding hydrogens is 416 g/mol. The van der Waals surface area contributed by atoms with Crippen molar-refractivity contribution in [1.82, 2.24) is 20.1 Å². The molecule has 0 aliphatic carbocycles. The van der Waals surface area contributed by atoms with Crippen LogP contribution in [-0.4, -0.2) is 60.5 Å². The number of fused-ring (bicyclic) bond motifs is 1. The van der Waals surface area contributed by atoms with Gasteiger partial charge in [-0.25, -0.2) is 0 Å². The number of piperazine rings is 1. The number of likely N-dealkylation sites (N-methyl/N-ethyl adjacent to an activating group) is 1. The number of hydrogen-bond donors (Lipinski definition) is 2. The van der Waals surface area contributed by atoms with Crippen molar-refractivity contribution in [2.24, 2.45) is 0 Å². The Morgan fingerprint density at radius 3 is 2.61 bits per heavy atom. The highest BCUT2D eigenvalue weighted by Gasteiger charge is 2.22. The molecule has 146 valence electrons. The number of amides is 1. The molecule has 1 saturated heterocycles. The molecule has 0 bridgehead atoms. The second kappa shape index (κ2) is 8.47. The van der Waals surface area contributed by atoms with Crippen molar-refractivity contribution in [3.8, 4) is 0 Å². The number of aromatic amines is 1. The first-order valence-electron chi connectivity index (χ1n) is 9.63. The monoisotopic (exact) mass is 440 g/mol. The summed E-state index contributed by atoms with van der Waals surface area (Å²) >= 11 is 3.48. The second-order valence-corrected chi connectivity index (χ2v) is 8.37. The molecule has 1 aliphatic heterocycles. The average Bonchev–Trinajstić information content (AvgIpc) is 3.13. The Kier molecular flexibility index (Phi) is 5.80. The van der Waals surface area contributed by atoms with E-state index in [1.807, 2.05) is 42.5 Å². The fourth-order valence-corrected chi connectivity index (χ4v) is 4.03. The SMILES string of the molecule is CN1CCN(CC(NC(=O)c2cc3ccc(Br)cc3[nH]2)c2ccccc2)CC1. The minimum atomic E-state index is -0.0738. The number of nitrogens with zero attached hydrogens (tertiary/aromatic N) is 2. The maximum atomic E-state index is 13.0. The van der Waals surface area contributed by atoms with E-state index in [9.17, 15) is 4.79 Å². The summed E-state index contributed by atoms with van der Waals surface area (Å²) in [5.41, 5.74) is 2.68. The predicted molar refractivity (Wildman–Crippen MR) is 117 cm³/mol. The standard InChI is InChI=1S/C22H25BrN4O/c1-26-9-11-27(12-10-26)15-21(16-5-3-2-4-6-16)25-22(28)20-13-17-7-8-18(23)14-19(17)24-20/h2-8,13-14,21,24H,9-12,15H2,1H3,(H,25,28). The zero-order chi connectivity index (χ0) is 19.5.